The highest BCUT2D eigenvalue weighted by molar-refractivity contribution is 7.11. The van der Waals surface area contributed by atoms with E-state index in [1.807, 2.05) is 12.3 Å². The van der Waals surface area contributed by atoms with Gasteiger partial charge in [-0.2, -0.15) is 0 Å². The molecule has 1 aromatic heterocycles. The maximum atomic E-state index is 12.7. The van der Waals surface area contributed by atoms with Gasteiger partial charge in [0.05, 0.1) is 0 Å². The number of halogens is 1. The van der Waals surface area contributed by atoms with Crippen LogP contribution in [0.2, 0.25) is 0 Å². The molecule has 5 heteroatoms. The predicted molar refractivity (Wildman–Crippen MR) is 64.4 cm³/mol. The zero-order chi connectivity index (χ0) is 12.3. The van der Waals surface area contributed by atoms with Gasteiger partial charge in [-0.15, -0.1) is 11.3 Å². The minimum absolute atomic E-state index is 0.201. The van der Waals surface area contributed by atoms with Crippen LogP contribution in [-0.4, -0.2) is 10.9 Å². The number of hydrogen-bond donors (Lipinski definition) is 1. The molecular formula is C12H11FN2OS. The van der Waals surface area contributed by atoms with Gasteiger partial charge in [0, 0.05) is 17.6 Å². The van der Waals surface area contributed by atoms with Crippen LogP contribution in [0.15, 0.2) is 29.6 Å². The van der Waals surface area contributed by atoms with Gasteiger partial charge >= 0.3 is 0 Å². The molecule has 1 aromatic carbocycles. The second-order valence-corrected chi connectivity index (χ2v) is 4.46. The third-order valence-electron chi connectivity index (χ3n) is 2.18. The first-order valence-corrected chi connectivity index (χ1v) is 5.98. The lowest BCUT2D eigenvalue weighted by Crippen LogP contribution is -2.22. The molecule has 88 valence electrons. The van der Waals surface area contributed by atoms with Gasteiger partial charge in [-0.3, -0.25) is 4.79 Å². The number of nitrogens with zero attached hydrogens (tertiary/aromatic N) is 1. The molecule has 3 nitrogen and oxygen atoms in total. The molecule has 0 saturated carbocycles. The SMILES string of the molecule is Cc1csc(C(=O)NCc2ccc(F)cc2)n1. The monoisotopic (exact) mass is 250 g/mol. The second-order valence-electron chi connectivity index (χ2n) is 3.60. The number of nitrogens with one attached hydrogen (secondary N) is 1. The van der Waals surface area contributed by atoms with Crippen molar-refractivity contribution in [1.29, 1.82) is 0 Å². The Morgan fingerprint density at radius 1 is 1.41 bits per heavy atom. The Morgan fingerprint density at radius 3 is 2.71 bits per heavy atom. The topological polar surface area (TPSA) is 42.0 Å². The molecule has 1 N–H and O–H groups in total. The van der Waals surface area contributed by atoms with Gasteiger partial charge in [-0.25, -0.2) is 9.37 Å². The van der Waals surface area contributed by atoms with E-state index in [-0.39, 0.29) is 11.7 Å². The molecular weight excluding hydrogens is 239 g/mol. The lowest BCUT2D eigenvalue weighted by molar-refractivity contribution is 0.0950. The van der Waals surface area contributed by atoms with Crippen molar-refractivity contribution >= 4 is 17.2 Å². The van der Waals surface area contributed by atoms with E-state index in [1.54, 1.807) is 12.1 Å². The van der Waals surface area contributed by atoms with Gasteiger partial charge in [-0.05, 0) is 24.6 Å². The van der Waals surface area contributed by atoms with Crippen molar-refractivity contribution < 1.29 is 9.18 Å². The van der Waals surface area contributed by atoms with Crippen molar-refractivity contribution in [2.45, 2.75) is 13.5 Å². The molecule has 0 radical (unpaired) electrons. The third kappa shape index (κ3) is 3.10. The Kier molecular flexibility index (Phi) is 3.49. The molecule has 0 unspecified atom stereocenters. The number of aromatic nitrogens is 1. The predicted octanol–water partition coefficient (Wildman–Crippen LogP) is 2.52. The summed E-state index contributed by atoms with van der Waals surface area (Å²) in [6, 6.07) is 6.02. The summed E-state index contributed by atoms with van der Waals surface area (Å²) in [5.41, 5.74) is 1.69. The molecule has 0 aliphatic heterocycles. The Hall–Kier alpha value is -1.75. The first kappa shape index (κ1) is 11.7. The van der Waals surface area contributed by atoms with Crippen LogP contribution in [0.3, 0.4) is 0 Å². The zero-order valence-electron chi connectivity index (χ0n) is 9.24. The summed E-state index contributed by atoms with van der Waals surface area (Å²) in [5, 5.41) is 5.01. The number of benzene rings is 1. The van der Waals surface area contributed by atoms with Crippen molar-refractivity contribution in [3.05, 3.63) is 51.7 Å². The second kappa shape index (κ2) is 5.05. The highest BCUT2D eigenvalue weighted by Crippen LogP contribution is 2.09. The fraction of sp³-hybridized carbons (Fsp3) is 0.167. The van der Waals surface area contributed by atoms with Crippen LogP contribution in [0, 0.1) is 12.7 Å². The Bertz CT molecular complexity index is 522. The number of amides is 1. The molecule has 0 saturated heterocycles. The van der Waals surface area contributed by atoms with Crippen LogP contribution in [0.5, 0.6) is 0 Å². The molecule has 2 rings (SSSR count). The molecule has 17 heavy (non-hydrogen) atoms. The van der Waals surface area contributed by atoms with Gasteiger partial charge in [0.1, 0.15) is 5.82 Å². The van der Waals surface area contributed by atoms with E-state index in [0.717, 1.165) is 11.3 Å². The van der Waals surface area contributed by atoms with E-state index in [4.69, 9.17) is 0 Å². The Labute approximate surface area is 102 Å². The zero-order valence-corrected chi connectivity index (χ0v) is 10.1. The molecule has 0 fully saturated rings. The average molecular weight is 250 g/mol. The Balaban J connectivity index is 1.94. The average Bonchev–Trinajstić information content (AvgIpc) is 2.75. The van der Waals surface area contributed by atoms with Crippen LogP contribution < -0.4 is 5.32 Å². The summed E-state index contributed by atoms with van der Waals surface area (Å²) < 4.78 is 12.7. The maximum Gasteiger partial charge on any atom is 0.280 e. The highest BCUT2D eigenvalue weighted by atomic mass is 32.1. The molecule has 0 bridgehead atoms. The summed E-state index contributed by atoms with van der Waals surface area (Å²) in [6.45, 7) is 2.21. The largest absolute Gasteiger partial charge is 0.346 e. The van der Waals surface area contributed by atoms with Crippen LogP contribution in [0.1, 0.15) is 21.1 Å². The lowest BCUT2D eigenvalue weighted by atomic mass is 10.2. The van der Waals surface area contributed by atoms with Crippen LogP contribution in [0.4, 0.5) is 4.39 Å². The van der Waals surface area contributed by atoms with Crippen LogP contribution in [-0.2, 0) is 6.54 Å². The number of rotatable bonds is 3. The third-order valence-corrected chi connectivity index (χ3v) is 3.14. The minimum atomic E-state index is -0.282. The van der Waals surface area contributed by atoms with Crippen molar-refractivity contribution in [1.82, 2.24) is 10.3 Å². The molecule has 2 aromatic rings. The van der Waals surface area contributed by atoms with Gasteiger partial charge in [0.2, 0.25) is 0 Å². The fourth-order valence-electron chi connectivity index (χ4n) is 1.32. The van der Waals surface area contributed by atoms with Gasteiger partial charge in [0.25, 0.3) is 5.91 Å². The van der Waals surface area contributed by atoms with Crippen molar-refractivity contribution in [2.24, 2.45) is 0 Å². The Morgan fingerprint density at radius 2 is 2.12 bits per heavy atom. The van der Waals surface area contributed by atoms with Crippen molar-refractivity contribution in [3.63, 3.8) is 0 Å². The van der Waals surface area contributed by atoms with Gasteiger partial charge in [-0.1, -0.05) is 12.1 Å². The van der Waals surface area contributed by atoms with E-state index in [0.29, 0.717) is 11.6 Å². The summed E-state index contributed by atoms with van der Waals surface area (Å²) in [5.74, 6) is -0.483. The van der Waals surface area contributed by atoms with E-state index >= 15 is 0 Å². The fourth-order valence-corrected chi connectivity index (χ4v) is 2.03. The number of thiazole rings is 1. The number of carbonyl (C=O) groups is 1. The molecule has 1 amide bonds. The first-order chi connectivity index (χ1) is 8.15. The molecule has 0 aliphatic rings. The summed E-state index contributed by atoms with van der Waals surface area (Å²) in [7, 11) is 0. The van der Waals surface area contributed by atoms with E-state index in [1.165, 1.54) is 23.5 Å². The van der Waals surface area contributed by atoms with Gasteiger partial charge in [0.15, 0.2) is 5.01 Å². The smallest absolute Gasteiger partial charge is 0.280 e. The molecule has 1 heterocycles. The number of carbonyl (C=O) groups excluding carboxylic acids is 1. The standard InChI is InChI=1S/C12H11FN2OS/c1-8-7-17-12(15-8)11(16)14-6-9-2-4-10(13)5-3-9/h2-5,7H,6H2,1H3,(H,14,16). The van der Waals surface area contributed by atoms with Gasteiger partial charge < -0.3 is 5.32 Å². The summed E-state index contributed by atoms with van der Waals surface area (Å²) >= 11 is 1.31. The number of hydrogen-bond acceptors (Lipinski definition) is 3. The number of aryl methyl sites for hydroxylation is 1. The lowest BCUT2D eigenvalue weighted by Gasteiger charge is -2.02. The van der Waals surface area contributed by atoms with Crippen molar-refractivity contribution in [3.8, 4) is 0 Å². The van der Waals surface area contributed by atoms with Crippen molar-refractivity contribution in [2.75, 3.05) is 0 Å². The highest BCUT2D eigenvalue weighted by Gasteiger charge is 2.08. The van der Waals surface area contributed by atoms with Crippen LogP contribution in [0.25, 0.3) is 0 Å². The molecule has 0 aliphatic carbocycles. The van der Waals surface area contributed by atoms with Crippen LogP contribution >= 0.6 is 11.3 Å². The van der Waals surface area contributed by atoms with E-state index in [9.17, 15) is 9.18 Å². The first-order valence-electron chi connectivity index (χ1n) is 5.10. The quantitative estimate of drug-likeness (QED) is 0.909. The summed E-state index contributed by atoms with van der Waals surface area (Å²) in [4.78, 5) is 15.7. The molecule has 0 spiro atoms. The minimum Gasteiger partial charge on any atom is -0.346 e. The summed E-state index contributed by atoms with van der Waals surface area (Å²) in [6.07, 6.45) is 0. The van der Waals surface area contributed by atoms with E-state index < -0.39 is 0 Å². The normalized spacial score (nSPS) is 10.2. The maximum absolute atomic E-state index is 12.7. The van der Waals surface area contributed by atoms with E-state index in [2.05, 4.69) is 10.3 Å². The molecule has 0 atom stereocenters.